The van der Waals surface area contributed by atoms with E-state index in [9.17, 15) is 0 Å². The Morgan fingerprint density at radius 1 is 1.44 bits per heavy atom. The van der Waals surface area contributed by atoms with Crippen molar-refractivity contribution in [1.29, 1.82) is 0 Å². The molecule has 0 bridgehead atoms. The minimum atomic E-state index is 0.622. The number of hydrogen-bond acceptors (Lipinski definition) is 5. The Balaban J connectivity index is 1.71. The summed E-state index contributed by atoms with van der Waals surface area (Å²) in [6.07, 6.45) is 3.87. The normalized spacial score (nSPS) is 25.1. The molecule has 0 saturated heterocycles. The topological polar surface area (TPSA) is 51.0 Å². The maximum Gasteiger partial charge on any atom is 0.230 e. The Morgan fingerprint density at radius 2 is 2.31 bits per heavy atom. The lowest BCUT2D eigenvalue weighted by Gasteiger charge is -2.11. The smallest absolute Gasteiger partial charge is 0.230 e. The van der Waals surface area contributed by atoms with Crippen molar-refractivity contribution in [2.75, 3.05) is 5.75 Å². The molecule has 1 saturated carbocycles. The number of nitrogens with zero attached hydrogens (tertiary/aromatic N) is 2. The molecule has 90 valence electrons. The van der Waals surface area contributed by atoms with Gasteiger partial charge in [0.2, 0.25) is 11.8 Å². The molecule has 0 aromatic carbocycles. The Bertz CT molecular complexity index is 329. The Kier molecular flexibility index (Phi) is 4.23. The van der Waals surface area contributed by atoms with Crippen LogP contribution in [0.5, 0.6) is 0 Å². The Labute approximate surface area is 101 Å². The van der Waals surface area contributed by atoms with Crippen molar-refractivity contribution >= 4 is 11.8 Å². The third-order valence-electron chi connectivity index (χ3n) is 2.90. The quantitative estimate of drug-likeness (QED) is 0.856. The van der Waals surface area contributed by atoms with Crippen LogP contribution in [0.1, 0.15) is 38.0 Å². The van der Waals surface area contributed by atoms with E-state index in [4.69, 9.17) is 4.42 Å². The summed E-state index contributed by atoms with van der Waals surface area (Å²) in [6, 6.07) is 0.622. The summed E-state index contributed by atoms with van der Waals surface area (Å²) in [7, 11) is 0. The molecule has 1 aliphatic rings. The third kappa shape index (κ3) is 3.22. The van der Waals surface area contributed by atoms with Gasteiger partial charge in [0.25, 0.3) is 0 Å². The first-order chi connectivity index (χ1) is 7.78. The summed E-state index contributed by atoms with van der Waals surface area (Å²) in [4.78, 5) is 0. The average molecular weight is 241 g/mol. The van der Waals surface area contributed by atoms with E-state index in [1.54, 1.807) is 0 Å². The number of rotatable bonds is 5. The minimum Gasteiger partial charge on any atom is -0.424 e. The zero-order valence-electron chi connectivity index (χ0n) is 9.90. The predicted molar refractivity (Wildman–Crippen MR) is 65.4 cm³/mol. The fourth-order valence-corrected chi connectivity index (χ4v) is 3.30. The van der Waals surface area contributed by atoms with Gasteiger partial charge in [-0.15, -0.1) is 10.2 Å². The zero-order valence-corrected chi connectivity index (χ0v) is 10.7. The average Bonchev–Trinajstić information content (AvgIpc) is 2.85. The SMILES string of the molecule is CCSC1CCC(NCc2nnc(C)o2)C1. The van der Waals surface area contributed by atoms with Gasteiger partial charge in [-0.3, -0.25) is 0 Å². The number of thioether (sulfide) groups is 1. The molecule has 1 aromatic heterocycles. The van der Waals surface area contributed by atoms with Gasteiger partial charge in [-0.25, -0.2) is 0 Å². The van der Waals surface area contributed by atoms with E-state index in [1.165, 1.54) is 25.0 Å². The molecule has 1 fully saturated rings. The highest BCUT2D eigenvalue weighted by molar-refractivity contribution is 7.99. The fraction of sp³-hybridized carbons (Fsp3) is 0.818. The highest BCUT2D eigenvalue weighted by Gasteiger charge is 2.24. The van der Waals surface area contributed by atoms with E-state index in [2.05, 4.69) is 34.2 Å². The number of aromatic nitrogens is 2. The summed E-state index contributed by atoms with van der Waals surface area (Å²) in [5, 5.41) is 12.1. The van der Waals surface area contributed by atoms with Gasteiger partial charge in [-0.05, 0) is 25.0 Å². The molecule has 2 unspecified atom stereocenters. The molecule has 0 spiro atoms. The van der Waals surface area contributed by atoms with Crippen LogP contribution in [-0.2, 0) is 6.54 Å². The molecule has 16 heavy (non-hydrogen) atoms. The molecule has 1 aliphatic carbocycles. The third-order valence-corrected chi connectivity index (χ3v) is 4.13. The fourth-order valence-electron chi connectivity index (χ4n) is 2.15. The molecule has 1 heterocycles. The lowest BCUT2D eigenvalue weighted by molar-refractivity contribution is 0.421. The van der Waals surface area contributed by atoms with Crippen molar-refractivity contribution in [2.45, 2.75) is 50.9 Å². The second-order valence-corrected chi connectivity index (χ2v) is 5.76. The molecule has 2 atom stereocenters. The van der Waals surface area contributed by atoms with Gasteiger partial charge >= 0.3 is 0 Å². The Hall–Kier alpha value is -0.550. The summed E-state index contributed by atoms with van der Waals surface area (Å²) in [5.41, 5.74) is 0. The van der Waals surface area contributed by atoms with Crippen LogP contribution in [-0.4, -0.2) is 27.2 Å². The molecule has 1 N–H and O–H groups in total. The molecule has 0 amide bonds. The van der Waals surface area contributed by atoms with E-state index < -0.39 is 0 Å². The van der Waals surface area contributed by atoms with Crippen LogP contribution in [0.4, 0.5) is 0 Å². The molecule has 0 aliphatic heterocycles. The molecule has 4 nitrogen and oxygen atoms in total. The lowest BCUT2D eigenvalue weighted by Crippen LogP contribution is -2.26. The van der Waals surface area contributed by atoms with E-state index in [0.717, 1.165) is 5.25 Å². The molecule has 1 aromatic rings. The van der Waals surface area contributed by atoms with E-state index in [0.29, 0.717) is 24.4 Å². The van der Waals surface area contributed by atoms with Gasteiger partial charge in [0.05, 0.1) is 6.54 Å². The van der Waals surface area contributed by atoms with Crippen LogP contribution in [0.15, 0.2) is 4.42 Å². The summed E-state index contributed by atoms with van der Waals surface area (Å²) in [6.45, 7) is 4.75. The van der Waals surface area contributed by atoms with Gasteiger partial charge in [0.15, 0.2) is 0 Å². The molecule has 5 heteroatoms. The largest absolute Gasteiger partial charge is 0.424 e. The first-order valence-electron chi connectivity index (χ1n) is 5.92. The van der Waals surface area contributed by atoms with Crippen LogP contribution in [0.25, 0.3) is 0 Å². The monoisotopic (exact) mass is 241 g/mol. The van der Waals surface area contributed by atoms with Gasteiger partial charge in [0, 0.05) is 18.2 Å². The maximum atomic E-state index is 5.33. The van der Waals surface area contributed by atoms with Crippen LogP contribution >= 0.6 is 11.8 Å². The van der Waals surface area contributed by atoms with Crippen LogP contribution < -0.4 is 5.32 Å². The summed E-state index contributed by atoms with van der Waals surface area (Å²) >= 11 is 2.08. The van der Waals surface area contributed by atoms with Gasteiger partial charge < -0.3 is 9.73 Å². The first kappa shape index (κ1) is 11.9. The van der Waals surface area contributed by atoms with Gasteiger partial charge in [0.1, 0.15) is 0 Å². The molecular formula is C11H19N3OS. The summed E-state index contributed by atoms with van der Waals surface area (Å²) in [5.74, 6) is 2.56. The van der Waals surface area contributed by atoms with Crippen molar-refractivity contribution in [3.8, 4) is 0 Å². The Morgan fingerprint density at radius 3 is 3.00 bits per heavy atom. The van der Waals surface area contributed by atoms with Crippen LogP contribution in [0, 0.1) is 6.92 Å². The summed E-state index contributed by atoms with van der Waals surface area (Å²) < 4.78 is 5.33. The molecule has 2 rings (SSSR count). The van der Waals surface area contributed by atoms with Crippen molar-refractivity contribution in [2.24, 2.45) is 0 Å². The standard InChI is InChI=1S/C11H19N3OS/c1-3-16-10-5-4-9(6-10)12-7-11-14-13-8(2)15-11/h9-10,12H,3-7H2,1-2H3. The highest BCUT2D eigenvalue weighted by atomic mass is 32.2. The maximum absolute atomic E-state index is 5.33. The van der Waals surface area contributed by atoms with E-state index in [1.807, 2.05) is 6.92 Å². The second kappa shape index (κ2) is 5.68. The van der Waals surface area contributed by atoms with Gasteiger partial charge in [-0.1, -0.05) is 6.92 Å². The van der Waals surface area contributed by atoms with E-state index >= 15 is 0 Å². The molecule has 0 radical (unpaired) electrons. The highest BCUT2D eigenvalue weighted by Crippen LogP contribution is 2.29. The van der Waals surface area contributed by atoms with Crippen molar-refractivity contribution in [3.05, 3.63) is 11.8 Å². The number of nitrogens with one attached hydrogen (secondary N) is 1. The van der Waals surface area contributed by atoms with Crippen LogP contribution in [0.2, 0.25) is 0 Å². The minimum absolute atomic E-state index is 0.622. The van der Waals surface area contributed by atoms with Crippen molar-refractivity contribution in [1.82, 2.24) is 15.5 Å². The number of hydrogen-bond donors (Lipinski definition) is 1. The molecular weight excluding hydrogens is 222 g/mol. The zero-order chi connectivity index (χ0) is 11.4. The van der Waals surface area contributed by atoms with Crippen LogP contribution in [0.3, 0.4) is 0 Å². The predicted octanol–water partition coefficient (Wildman–Crippen LogP) is 2.14. The van der Waals surface area contributed by atoms with Crippen molar-refractivity contribution < 1.29 is 4.42 Å². The lowest BCUT2D eigenvalue weighted by atomic mass is 10.2. The number of aryl methyl sites for hydroxylation is 1. The van der Waals surface area contributed by atoms with E-state index in [-0.39, 0.29) is 0 Å². The van der Waals surface area contributed by atoms with Gasteiger partial charge in [-0.2, -0.15) is 11.8 Å². The van der Waals surface area contributed by atoms with Crippen molar-refractivity contribution in [3.63, 3.8) is 0 Å². The second-order valence-electron chi connectivity index (χ2n) is 4.18. The first-order valence-corrected chi connectivity index (χ1v) is 6.96.